The summed E-state index contributed by atoms with van der Waals surface area (Å²) in [5.41, 5.74) is 0.696. The van der Waals surface area contributed by atoms with Gasteiger partial charge < -0.3 is 14.7 Å². The normalized spacial score (nSPS) is 18.5. The molecule has 1 heterocycles. The van der Waals surface area contributed by atoms with Crippen LogP contribution in [-0.2, 0) is 9.59 Å². The molecular formula is C12H13NO4. The summed E-state index contributed by atoms with van der Waals surface area (Å²) >= 11 is 0. The first-order chi connectivity index (χ1) is 8.13. The standard InChI is InChI=1S/C12H13NO4/c1-2-13-8-5-3-4-6-9(8)17-10(12(13)16)7-11(14)15/h3-6,10H,2,7H2,1H3,(H,14,15). The van der Waals surface area contributed by atoms with E-state index in [0.717, 1.165) is 0 Å². The van der Waals surface area contributed by atoms with Crippen molar-refractivity contribution >= 4 is 17.6 Å². The zero-order chi connectivity index (χ0) is 12.4. The molecule has 0 bridgehead atoms. The number of amides is 1. The van der Waals surface area contributed by atoms with Gasteiger partial charge in [0.25, 0.3) is 5.91 Å². The van der Waals surface area contributed by atoms with Crippen LogP contribution in [0.2, 0.25) is 0 Å². The highest BCUT2D eigenvalue weighted by molar-refractivity contribution is 6.01. The number of carbonyl (C=O) groups excluding carboxylic acids is 1. The second-order valence-corrected chi connectivity index (χ2v) is 3.75. The molecule has 1 amide bonds. The molecule has 1 atom stereocenters. The van der Waals surface area contributed by atoms with Crippen LogP contribution < -0.4 is 9.64 Å². The third kappa shape index (κ3) is 2.08. The van der Waals surface area contributed by atoms with E-state index in [1.807, 2.05) is 13.0 Å². The van der Waals surface area contributed by atoms with Crippen molar-refractivity contribution in [3.63, 3.8) is 0 Å². The van der Waals surface area contributed by atoms with Crippen LogP contribution in [0.1, 0.15) is 13.3 Å². The number of likely N-dealkylation sites (N-methyl/N-ethyl adjacent to an activating group) is 1. The maximum absolute atomic E-state index is 12.0. The van der Waals surface area contributed by atoms with Crippen LogP contribution in [-0.4, -0.2) is 29.6 Å². The lowest BCUT2D eigenvalue weighted by atomic mass is 10.1. The average molecular weight is 235 g/mol. The van der Waals surface area contributed by atoms with Gasteiger partial charge >= 0.3 is 5.97 Å². The number of rotatable bonds is 3. The van der Waals surface area contributed by atoms with E-state index in [4.69, 9.17) is 9.84 Å². The van der Waals surface area contributed by atoms with Gasteiger partial charge in [-0.05, 0) is 19.1 Å². The molecule has 0 aliphatic carbocycles. The van der Waals surface area contributed by atoms with Gasteiger partial charge in [0.1, 0.15) is 5.75 Å². The Labute approximate surface area is 98.6 Å². The fourth-order valence-corrected chi connectivity index (χ4v) is 1.89. The van der Waals surface area contributed by atoms with Crippen LogP contribution in [0.4, 0.5) is 5.69 Å². The Kier molecular flexibility index (Phi) is 2.99. The van der Waals surface area contributed by atoms with Crippen molar-refractivity contribution in [2.75, 3.05) is 11.4 Å². The number of hydrogen-bond donors (Lipinski definition) is 1. The molecule has 5 heteroatoms. The molecular weight excluding hydrogens is 222 g/mol. The largest absolute Gasteiger partial charge is 0.481 e. The Bertz CT molecular complexity index is 458. The first-order valence-corrected chi connectivity index (χ1v) is 5.42. The second kappa shape index (κ2) is 4.45. The highest BCUT2D eigenvalue weighted by atomic mass is 16.5. The summed E-state index contributed by atoms with van der Waals surface area (Å²) in [5.74, 6) is -0.785. The number of nitrogens with zero attached hydrogens (tertiary/aromatic N) is 1. The Balaban J connectivity index is 2.35. The minimum atomic E-state index is -1.04. The van der Waals surface area contributed by atoms with Gasteiger partial charge in [0.2, 0.25) is 0 Å². The van der Waals surface area contributed by atoms with E-state index in [2.05, 4.69) is 0 Å². The maximum atomic E-state index is 12.0. The summed E-state index contributed by atoms with van der Waals surface area (Å²) < 4.78 is 5.42. The summed E-state index contributed by atoms with van der Waals surface area (Å²) in [7, 11) is 0. The van der Waals surface area contributed by atoms with Crippen molar-refractivity contribution in [1.29, 1.82) is 0 Å². The van der Waals surface area contributed by atoms with Crippen LogP contribution in [0.15, 0.2) is 24.3 Å². The van der Waals surface area contributed by atoms with Crippen molar-refractivity contribution in [3.05, 3.63) is 24.3 Å². The van der Waals surface area contributed by atoms with Gasteiger partial charge in [-0.1, -0.05) is 12.1 Å². The fourth-order valence-electron chi connectivity index (χ4n) is 1.89. The number of aliphatic carboxylic acids is 1. The van der Waals surface area contributed by atoms with Crippen molar-refractivity contribution in [2.45, 2.75) is 19.4 Å². The van der Waals surface area contributed by atoms with Crippen molar-refractivity contribution < 1.29 is 19.4 Å². The van der Waals surface area contributed by atoms with E-state index >= 15 is 0 Å². The van der Waals surface area contributed by atoms with E-state index in [1.165, 1.54) is 0 Å². The molecule has 90 valence electrons. The number of ether oxygens (including phenoxy) is 1. The van der Waals surface area contributed by atoms with Crippen molar-refractivity contribution in [1.82, 2.24) is 0 Å². The van der Waals surface area contributed by atoms with Gasteiger partial charge in [-0.3, -0.25) is 9.59 Å². The zero-order valence-corrected chi connectivity index (χ0v) is 9.42. The van der Waals surface area contributed by atoms with E-state index in [1.54, 1.807) is 23.1 Å². The lowest BCUT2D eigenvalue weighted by Crippen LogP contribution is -2.46. The third-order valence-corrected chi connectivity index (χ3v) is 2.64. The van der Waals surface area contributed by atoms with E-state index < -0.39 is 12.1 Å². The molecule has 1 aliphatic rings. The maximum Gasteiger partial charge on any atom is 0.307 e. The van der Waals surface area contributed by atoms with Gasteiger partial charge in [0.15, 0.2) is 6.10 Å². The molecule has 0 saturated heterocycles. The molecule has 1 unspecified atom stereocenters. The first kappa shape index (κ1) is 11.4. The smallest absolute Gasteiger partial charge is 0.307 e. The molecule has 1 aromatic carbocycles. The SMILES string of the molecule is CCN1C(=O)C(CC(=O)O)Oc2ccccc21. The van der Waals surface area contributed by atoms with Crippen LogP contribution in [0, 0.1) is 0 Å². The lowest BCUT2D eigenvalue weighted by Gasteiger charge is -2.33. The highest BCUT2D eigenvalue weighted by Gasteiger charge is 2.34. The monoisotopic (exact) mass is 235 g/mol. The number of carbonyl (C=O) groups is 2. The molecule has 1 N–H and O–H groups in total. The average Bonchev–Trinajstić information content (AvgIpc) is 2.30. The molecule has 0 fully saturated rings. The molecule has 0 saturated carbocycles. The fraction of sp³-hybridized carbons (Fsp3) is 0.333. The third-order valence-electron chi connectivity index (χ3n) is 2.64. The number of anilines is 1. The summed E-state index contributed by atoms with van der Waals surface area (Å²) in [6, 6.07) is 7.13. The lowest BCUT2D eigenvalue weighted by molar-refractivity contribution is -0.142. The summed E-state index contributed by atoms with van der Waals surface area (Å²) in [6.45, 7) is 2.34. The summed E-state index contributed by atoms with van der Waals surface area (Å²) in [4.78, 5) is 24.2. The van der Waals surface area contributed by atoms with Gasteiger partial charge in [-0.15, -0.1) is 0 Å². The Morgan fingerprint density at radius 3 is 2.82 bits per heavy atom. The highest BCUT2D eigenvalue weighted by Crippen LogP contribution is 2.34. The molecule has 2 rings (SSSR count). The van der Waals surface area contributed by atoms with Gasteiger partial charge in [-0.2, -0.15) is 0 Å². The number of fused-ring (bicyclic) bond motifs is 1. The van der Waals surface area contributed by atoms with Gasteiger partial charge in [-0.25, -0.2) is 0 Å². The number of para-hydroxylation sites is 2. The molecule has 5 nitrogen and oxygen atoms in total. The van der Waals surface area contributed by atoms with Crippen molar-refractivity contribution in [3.8, 4) is 5.75 Å². The van der Waals surface area contributed by atoms with Crippen LogP contribution >= 0.6 is 0 Å². The van der Waals surface area contributed by atoms with E-state index in [-0.39, 0.29) is 12.3 Å². The van der Waals surface area contributed by atoms with Crippen molar-refractivity contribution in [2.24, 2.45) is 0 Å². The number of carboxylic acids is 1. The molecule has 0 spiro atoms. The second-order valence-electron chi connectivity index (χ2n) is 3.75. The molecule has 1 aromatic rings. The van der Waals surface area contributed by atoms with E-state index in [9.17, 15) is 9.59 Å². The minimum absolute atomic E-state index is 0.298. The van der Waals surface area contributed by atoms with Crippen LogP contribution in [0.3, 0.4) is 0 Å². The summed E-state index contributed by atoms with van der Waals surface area (Å²) in [6.07, 6.45) is -1.24. The van der Waals surface area contributed by atoms with Crippen LogP contribution in [0.5, 0.6) is 5.75 Å². The minimum Gasteiger partial charge on any atom is -0.481 e. The Hall–Kier alpha value is -2.04. The zero-order valence-electron chi connectivity index (χ0n) is 9.42. The number of carboxylic acid groups (broad SMARTS) is 1. The first-order valence-electron chi connectivity index (χ1n) is 5.42. The predicted molar refractivity (Wildman–Crippen MR) is 61.1 cm³/mol. The predicted octanol–water partition coefficient (Wildman–Crippen LogP) is 1.28. The van der Waals surface area contributed by atoms with Crippen LogP contribution in [0.25, 0.3) is 0 Å². The Morgan fingerprint density at radius 1 is 1.47 bits per heavy atom. The number of hydrogen-bond acceptors (Lipinski definition) is 3. The van der Waals surface area contributed by atoms with Gasteiger partial charge in [0.05, 0.1) is 12.1 Å². The van der Waals surface area contributed by atoms with Gasteiger partial charge in [0, 0.05) is 6.54 Å². The number of benzene rings is 1. The molecule has 1 aliphatic heterocycles. The topological polar surface area (TPSA) is 66.8 Å². The molecule has 0 aromatic heterocycles. The quantitative estimate of drug-likeness (QED) is 0.856. The molecule has 17 heavy (non-hydrogen) atoms. The summed E-state index contributed by atoms with van der Waals surface area (Å²) in [5, 5.41) is 8.74. The Morgan fingerprint density at radius 2 is 2.18 bits per heavy atom. The molecule has 0 radical (unpaired) electrons. The van der Waals surface area contributed by atoms with E-state index in [0.29, 0.717) is 18.0 Å².